The number of nitrogens with zero attached hydrogens (tertiary/aromatic N) is 5. The Morgan fingerprint density at radius 1 is 1.17 bits per heavy atom. The van der Waals surface area contributed by atoms with E-state index in [-0.39, 0.29) is 6.04 Å². The molecule has 1 N–H and O–H groups in total. The normalized spacial score (nSPS) is 23.4. The average Bonchev–Trinajstić information content (AvgIpc) is 3.25. The zero-order chi connectivity index (χ0) is 15.6. The molecule has 4 rings (SSSR count). The molecule has 2 aliphatic heterocycles. The van der Waals surface area contributed by atoms with Gasteiger partial charge in [0.15, 0.2) is 0 Å². The molecule has 0 spiro atoms. The van der Waals surface area contributed by atoms with E-state index in [1.807, 2.05) is 19.1 Å². The molecular weight excluding hydrogens is 292 g/mol. The van der Waals surface area contributed by atoms with Gasteiger partial charge in [0.05, 0.1) is 11.7 Å². The number of likely N-dealkylation sites (tertiary alicyclic amines) is 1. The smallest absolute Gasteiger partial charge is 0.244 e. The van der Waals surface area contributed by atoms with Crippen molar-refractivity contribution in [3.05, 3.63) is 23.7 Å². The Balaban J connectivity index is 1.54. The van der Waals surface area contributed by atoms with Gasteiger partial charge in [0.25, 0.3) is 0 Å². The SMILES string of the molecule is Cc1ccc(-c2noc(C3CCCN3C3CCNCC3)n2)nn1. The van der Waals surface area contributed by atoms with E-state index >= 15 is 0 Å². The molecule has 0 bridgehead atoms. The van der Waals surface area contributed by atoms with Crippen molar-refractivity contribution in [3.63, 3.8) is 0 Å². The van der Waals surface area contributed by atoms with Gasteiger partial charge in [0.1, 0.15) is 5.69 Å². The molecule has 2 fully saturated rings. The van der Waals surface area contributed by atoms with Crippen LogP contribution >= 0.6 is 0 Å². The molecule has 23 heavy (non-hydrogen) atoms. The quantitative estimate of drug-likeness (QED) is 0.924. The Bertz CT molecular complexity index is 649. The van der Waals surface area contributed by atoms with Crippen molar-refractivity contribution in [1.29, 1.82) is 0 Å². The number of aryl methyl sites for hydroxylation is 1. The van der Waals surface area contributed by atoms with Crippen molar-refractivity contribution in [2.45, 2.75) is 44.7 Å². The molecular formula is C16H22N6O. The second-order valence-corrected chi connectivity index (χ2v) is 6.39. The lowest BCUT2D eigenvalue weighted by Crippen LogP contribution is -2.42. The van der Waals surface area contributed by atoms with Crippen molar-refractivity contribution in [2.75, 3.05) is 19.6 Å². The summed E-state index contributed by atoms with van der Waals surface area (Å²) in [5.41, 5.74) is 1.54. The number of nitrogens with one attached hydrogen (secondary N) is 1. The van der Waals surface area contributed by atoms with E-state index < -0.39 is 0 Å². The van der Waals surface area contributed by atoms with E-state index in [1.165, 1.54) is 19.3 Å². The summed E-state index contributed by atoms with van der Waals surface area (Å²) in [6, 6.07) is 4.67. The summed E-state index contributed by atoms with van der Waals surface area (Å²) in [6.07, 6.45) is 4.67. The molecule has 1 unspecified atom stereocenters. The maximum Gasteiger partial charge on any atom is 0.244 e. The van der Waals surface area contributed by atoms with Crippen molar-refractivity contribution in [2.24, 2.45) is 0 Å². The van der Waals surface area contributed by atoms with Crippen LogP contribution in [0.4, 0.5) is 0 Å². The Labute approximate surface area is 135 Å². The Morgan fingerprint density at radius 2 is 2.04 bits per heavy atom. The largest absolute Gasteiger partial charge is 0.337 e. The fourth-order valence-electron chi connectivity index (χ4n) is 3.62. The Hall–Kier alpha value is -1.86. The molecule has 122 valence electrons. The lowest BCUT2D eigenvalue weighted by molar-refractivity contribution is 0.126. The maximum atomic E-state index is 5.57. The van der Waals surface area contributed by atoms with Crippen LogP contribution in [-0.2, 0) is 0 Å². The van der Waals surface area contributed by atoms with Gasteiger partial charge in [-0.25, -0.2) is 0 Å². The molecule has 1 atom stereocenters. The number of rotatable bonds is 3. The highest BCUT2D eigenvalue weighted by Gasteiger charge is 2.35. The minimum Gasteiger partial charge on any atom is -0.337 e. The molecule has 0 aromatic carbocycles. The number of aromatic nitrogens is 4. The molecule has 2 saturated heterocycles. The van der Waals surface area contributed by atoms with E-state index in [1.54, 1.807) is 0 Å². The van der Waals surface area contributed by atoms with E-state index in [0.29, 0.717) is 17.6 Å². The van der Waals surface area contributed by atoms with E-state index in [9.17, 15) is 0 Å². The molecule has 4 heterocycles. The second kappa shape index (κ2) is 6.33. The first kappa shape index (κ1) is 14.7. The van der Waals surface area contributed by atoms with Crippen LogP contribution in [0.1, 0.15) is 43.3 Å². The first-order chi connectivity index (χ1) is 11.3. The predicted octanol–water partition coefficient (Wildman–Crippen LogP) is 1.72. The zero-order valence-corrected chi connectivity index (χ0v) is 13.4. The van der Waals surface area contributed by atoms with Gasteiger partial charge in [0.2, 0.25) is 11.7 Å². The van der Waals surface area contributed by atoms with Crippen LogP contribution in [0.3, 0.4) is 0 Å². The highest BCUT2D eigenvalue weighted by Crippen LogP contribution is 2.35. The summed E-state index contributed by atoms with van der Waals surface area (Å²) < 4.78 is 5.57. The minimum absolute atomic E-state index is 0.248. The van der Waals surface area contributed by atoms with Gasteiger partial charge in [-0.15, -0.1) is 5.10 Å². The topological polar surface area (TPSA) is 80.0 Å². The van der Waals surface area contributed by atoms with E-state index in [0.717, 1.165) is 37.6 Å². The van der Waals surface area contributed by atoms with Gasteiger partial charge in [-0.05, 0) is 64.4 Å². The first-order valence-electron chi connectivity index (χ1n) is 8.42. The standard InChI is InChI=1S/C16H22N6O/c1-11-4-5-13(20-19-11)15-18-16(23-21-15)14-3-2-10-22(14)12-6-8-17-9-7-12/h4-5,12,14,17H,2-3,6-10H2,1H3. The van der Waals surface area contributed by atoms with Gasteiger partial charge in [0, 0.05) is 6.04 Å². The third-order valence-electron chi connectivity index (χ3n) is 4.83. The van der Waals surface area contributed by atoms with Gasteiger partial charge in [-0.3, -0.25) is 4.90 Å². The van der Waals surface area contributed by atoms with Gasteiger partial charge in [-0.2, -0.15) is 10.1 Å². The van der Waals surface area contributed by atoms with Gasteiger partial charge in [-0.1, -0.05) is 5.16 Å². The van der Waals surface area contributed by atoms with Crippen LogP contribution in [-0.4, -0.2) is 50.9 Å². The highest BCUT2D eigenvalue weighted by molar-refractivity contribution is 5.46. The number of hydrogen-bond acceptors (Lipinski definition) is 7. The van der Waals surface area contributed by atoms with Crippen molar-refractivity contribution in [3.8, 4) is 11.5 Å². The lowest BCUT2D eigenvalue weighted by atomic mass is 10.0. The summed E-state index contributed by atoms with van der Waals surface area (Å²) in [6.45, 7) is 5.23. The third kappa shape index (κ3) is 2.98. The minimum atomic E-state index is 0.248. The monoisotopic (exact) mass is 314 g/mol. The van der Waals surface area contributed by atoms with Crippen LogP contribution < -0.4 is 5.32 Å². The predicted molar refractivity (Wildman–Crippen MR) is 84.6 cm³/mol. The number of piperidine rings is 1. The summed E-state index contributed by atoms with van der Waals surface area (Å²) in [5, 5.41) is 15.7. The summed E-state index contributed by atoms with van der Waals surface area (Å²) in [7, 11) is 0. The molecule has 7 heteroatoms. The van der Waals surface area contributed by atoms with Crippen LogP contribution in [0.5, 0.6) is 0 Å². The molecule has 0 amide bonds. The molecule has 0 saturated carbocycles. The fraction of sp³-hybridized carbons (Fsp3) is 0.625. The molecule has 0 aliphatic carbocycles. The Morgan fingerprint density at radius 3 is 2.83 bits per heavy atom. The lowest BCUT2D eigenvalue weighted by Gasteiger charge is -2.34. The summed E-state index contributed by atoms with van der Waals surface area (Å²) in [4.78, 5) is 7.15. The average molecular weight is 314 g/mol. The molecule has 7 nitrogen and oxygen atoms in total. The summed E-state index contributed by atoms with van der Waals surface area (Å²) in [5.74, 6) is 1.25. The van der Waals surface area contributed by atoms with Crippen molar-refractivity contribution < 1.29 is 4.52 Å². The second-order valence-electron chi connectivity index (χ2n) is 6.39. The van der Waals surface area contributed by atoms with Crippen LogP contribution in [0, 0.1) is 6.92 Å². The van der Waals surface area contributed by atoms with Gasteiger partial charge < -0.3 is 9.84 Å². The highest BCUT2D eigenvalue weighted by atomic mass is 16.5. The fourth-order valence-corrected chi connectivity index (χ4v) is 3.62. The first-order valence-corrected chi connectivity index (χ1v) is 8.42. The maximum absolute atomic E-state index is 5.57. The van der Waals surface area contributed by atoms with Crippen LogP contribution in [0.2, 0.25) is 0 Å². The third-order valence-corrected chi connectivity index (χ3v) is 4.83. The zero-order valence-electron chi connectivity index (χ0n) is 13.4. The van der Waals surface area contributed by atoms with Crippen LogP contribution in [0.15, 0.2) is 16.7 Å². The van der Waals surface area contributed by atoms with E-state index in [4.69, 9.17) is 4.52 Å². The molecule has 2 aromatic rings. The molecule has 2 aromatic heterocycles. The molecule has 2 aliphatic rings. The van der Waals surface area contributed by atoms with Crippen molar-refractivity contribution >= 4 is 0 Å². The van der Waals surface area contributed by atoms with Gasteiger partial charge >= 0.3 is 0 Å². The summed E-state index contributed by atoms with van der Waals surface area (Å²) >= 11 is 0. The Kier molecular flexibility index (Phi) is 4.05. The van der Waals surface area contributed by atoms with Crippen molar-refractivity contribution in [1.82, 2.24) is 30.6 Å². The number of hydrogen-bond donors (Lipinski definition) is 1. The van der Waals surface area contributed by atoms with E-state index in [2.05, 4.69) is 30.6 Å². The molecule has 0 radical (unpaired) electrons. The van der Waals surface area contributed by atoms with Crippen LogP contribution in [0.25, 0.3) is 11.5 Å².